The van der Waals surface area contributed by atoms with Crippen LogP contribution in [0.25, 0.3) is 10.8 Å². The molecule has 1 aromatic carbocycles. The van der Waals surface area contributed by atoms with E-state index in [1.165, 1.54) is 9.80 Å². The van der Waals surface area contributed by atoms with Gasteiger partial charge in [-0.3, -0.25) is 19.4 Å². The summed E-state index contributed by atoms with van der Waals surface area (Å²) in [6.07, 6.45) is 2.81. The molecule has 2 amide bonds. The Kier molecular flexibility index (Phi) is 5.16. The highest BCUT2D eigenvalue weighted by atomic mass is 16.4. The van der Waals surface area contributed by atoms with Gasteiger partial charge in [-0.05, 0) is 24.3 Å². The number of piperidine rings is 1. The molecule has 1 aliphatic heterocycles. The zero-order valence-electron chi connectivity index (χ0n) is 14.6. The number of rotatable bonds is 4. The lowest BCUT2D eigenvalue weighted by Gasteiger charge is -2.32. The van der Waals surface area contributed by atoms with E-state index in [0.29, 0.717) is 25.1 Å². The number of benzene rings is 1. The van der Waals surface area contributed by atoms with Crippen LogP contribution in [-0.4, -0.2) is 64.4 Å². The van der Waals surface area contributed by atoms with Gasteiger partial charge in [0, 0.05) is 31.7 Å². The maximum Gasteiger partial charge on any atom is 0.308 e. The minimum absolute atomic E-state index is 0.101. The molecule has 1 atom stereocenters. The number of hydrogen-bond acceptors (Lipinski definition) is 4. The summed E-state index contributed by atoms with van der Waals surface area (Å²) in [6.45, 7) is 0.621. The molecule has 1 aromatic heterocycles. The topological polar surface area (TPSA) is 90.8 Å². The minimum Gasteiger partial charge on any atom is -0.481 e. The van der Waals surface area contributed by atoms with Gasteiger partial charge in [0.2, 0.25) is 5.91 Å². The monoisotopic (exact) mass is 355 g/mol. The number of carbonyl (C=O) groups is 3. The fraction of sp³-hybridized carbons (Fsp3) is 0.368. The number of carboxylic acids is 1. The van der Waals surface area contributed by atoms with Crippen LogP contribution in [0.3, 0.4) is 0 Å². The third-order valence-corrected chi connectivity index (χ3v) is 4.72. The first kappa shape index (κ1) is 17.8. The van der Waals surface area contributed by atoms with E-state index in [1.807, 2.05) is 30.3 Å². The third kappa shape index (κ3) is 3.66. The van der Waals surface area contributed by atoms with Crippen molar-refractivity contribution in [3.63, 3.8) is 0 Å². The maximum absolute atomic E-state index is 12.7. The smallest absolute Gasteiger partial charge is 0.308 e. The lowest BCUT2D eigenvalue weighted by Crippen LogP contribution is -2.47. The van der Waals surface area contributed by atoms with Crippen LogP contribution in [0.2, 0.25) is 0 Å². The molecule has 0 saturated carbocycles. The number of amides is 2. The quantitative estimate of drug-likeness (QED) is 0.900. The molecule has 1 fully saturated rings. The summed E-state index contributed by atoms with van der Waals surface area (Å²) in [4.78, 5) is 43.4. The summed E-state index contributed by atoms with van der Waals surface area (Å²) in [5.41, 5.74) is 0.306. The first-order valence-corrected chi connectivity index (χ1v) is 8.57. The van der Waals surface area contributed by atoms with Gasteiger partial charge in [0.15, 0.2) is 0 Å². The third-order valence-electron chi connectivity index (χ3n) is 4.72. The second-order valence-electron chi connectivity index (χ2n) is 6.56. The largest absolute Gasteiger partial charge is 0.481 e. The Hall–Kier alpha value is -2.96. The van der Waals surface area contributed by atoms with Crippen molar-refractivity contribution in [2.24, 2.45) is 5.92 Å². The van der Waals surface area contributed by atoms with Gasteiger partial charge in [-0.25, -0.2) is 0 Å². The number of carboxylic acid groups (broad SMARTS) is 1. The SMILES string of the molecule is CN(CC(=O)N1CCCC(C(=O)O)C1)C(=O)c1nccc2ccccc12. The lowest BCUT2D eigenvalue weighted by molar-refractivity contribution is -0.145. The zero-order valence-corrected chi connectivity index (χ0v) is 14.6. The lowest BCUT2D eigenvalue weighted by atomic mass is 9.98. The highest BCUT2D eigenvalue weighted by molar-refractivity contribution is 6.05. The van der Waals surface area contributed by atoms with Gasteiger partial charge in [-0.15, -0.1) is 0 Å². The van der Waals surface area contributed by atoms with E-state index >= 15 is 0 Å². The first-order chi connectivity index (χ1) is 12.5. The Morgan fingerprint density at radius 1 is 1.27 bits per heavy atom. The van der Waals surface area contributed by atoms with Crippen molar-refractivity contribution in [2.75, 3.05) is 26.7 Å². The van der Waals surface area contributed by atoms with Gasteiger partial charge >= 0.3 is 5.97 Å². The molecule has 1 saturated heterocycles. The Balaban J connectivity index is 1.71. The van der Waals surface area contributed by atoms with Gasteiger partial charge in [0.05, 0.1) is 12.5 Å². The summed E-state index contributed by atoms with van der Waals surface area (Å²) >= 11 is 0. The number of aromatic nitrogens is 1. The molecule has 1 N–H and O–H groups in total. The minimum atomic E-state index is -0.883. The van der Waals surface area contributed by atoms with Gasteiger partial charge in [-0.2, -0.15) is 0 Å². The first-order valence-electron chi connectivity index (χ1n) is 8.57. The summed E-state index contributed by atoms with van der Waals surface area (Å²) in [7, 11) is 1.56. The molecule has 3 rings (SSSR count). The van der Waals surface area contributed by atoms with Crippen molar-refractivity contribution >= 4 is 28.6 Å². The van der Waals surface area contributed by atoms with E-state index in [1.54, 1.807) is 13.2 Å². The Morgan fingerprint density at radius 2 is 2.04 bits per heavy atom. The molecule has 26 heavy (non-hydrogen) atoms. The number of fused-ring (bicyclic) bond motifs is 1. The number of likely N-dealkylation sites (N-methyl/N-ethyl adjacent to an activating group) is 1. The second-order valence-corrected chi connectivity index (χ2v) is 6.56. The van der Waals surface area contributed by atoms with Gasteiger partial charge in [0.25, 0.3) is 5.91 Å². The van der Waals surface area contributed by atoms with Crippen LogP contribution in [0, 0.1) is 5.92 Å². The van der Waals surface area contributed by atoms with Crippen LogP contribution in [0.15, 0.2) is 36.5 Å². The van der Waals surface area contributed by atoms with Crippen LogP contribution in [0.5, 0.6) is 0 Å². The van der Waals surface area contributed by atoms with Crippen molar-refractivity contribution in [2.45, 2.75) is 12.8 Å². The second kappa shape index (κ2) is 7.51. The molecule has 0 aliphatic carbocycles. The average molecular weight is 355 g/mol. The standard InChI is InChI=1S/C19H21N3O4/c1-21(12-16(23)22-10-4-6-14(11-22)19(25)26)18(24)17-15-7-3-2-5-13(15)8-9-20-17/h2-3,5,7-9,14H,4,6,10-12H2,1H3,(H,25,26). The fourth-order valence-corrected chi connectivity index (χ4v) is 3.25. The Bertz CT molecular complexity index is 846. The zero-order chi connectivity index (χ0) is 18.7. The number of hydrogen-bond donors (Lipinski definition) is 1. The highest BCUT2D eigenvalue weighted by Crippen LogP contribution is 2.19. The van der Waals surface area contributed by atoms with Crippen LogP contribution in [-0.2, 0) is 9.59 Å². The van der Waals surface area contributed by atoms with Crippen molar-refractivity contribution in [1.29, 1.82) is 0 Å². The molecule has 1 aliphatic rings. The number of nitrogens with zero attached hydrogens (tertiary/aromatic N) is 3. The molecular formula is C19H21N3O4. The summed E-state index contributed by atoms with van der Waals surface area (Å²) < 4.78 is 0. The van der Waals surface area contributed by atoms with E-state index < -0.39 is 11.9 Å². The van der Waals surface area contributed by atoms with Gasteiger partial charge in [-0.1, -0.05) is 24.3 Å². The number of carbonyl (C=O) groups excluding carboxylic acids is 2. The van der Waals surface area contributed by atoms with Crippen LogP contribution >= 0.6 is 0 Å². The van der Waals surface area contributed by atoms with E-state index in [-0.39, 0.29) is 24.9 Å². The van der Waals surface area contributed by atoms with Crippen LogP contribution in [0.4, 0.5) is 0 Å². The fourth-order valence-electron chi connectivity index (χ4n) is 3.25. The molecule has 136 valence electrons. The van der Waals surface area contributed by atoms with Crippen molar-refractivity contribution in [1.82, 2.24) is 14.8 Å². The van der Waals surface area contributed by atoms with Gasteiger partial charge < -0.3 is 14.9 Å². The Morgan fingerprint density at radius 3 is 2.81 bits per heavy atom. The van der Waals surface area contributed by atoms with E-state index in [4.69, 9.17) is 5.11 Å². The maximum atomic E-state index is 12.7. The molecule has 2 aromatic rings. The molecule has 2 heterocycles. The van der Waals surface area contributed by atoms with E-state index in [2.05, 4.69) is 4.98 Å². The Labute approximate surface area is 151 Å². The van der Waals surface area contributed by atoms with E-state index in [9.17, 15) is 14.4 Å². The van der Waals surface area contributed by atoms with Crippen molar-refractivity contribution < 1.29 is 19.5 Å². The molecule has 7 heteroatoms. The highest BCUT2D eigenvalue weighted by Gasteiger charge is 2.29. The molecule has 7 nitrogen and oxygen atoms in total. The molecule has 0 bridgehead atoms. The van der Waals surface area contributed by atoms with Crippen LogP contribution in [0.1, 0.15) is 23.3 Å². The predicted molar refractivity (Wildman–Crippen MR) is 95.6 cm³/mol. The van der Waals surface area contributed by atoms with Crippen molar-refractivity contribution in [3.05, 3.63) is 42.2 Å². The number of likely N-dealkylation sites (tertiary alicyclic amines) is 1. The number of pyridine rings is 1. The molecular weight excluding hydrogens is 334 g/mol. The molecule has 1 unspecified atom stereocenters. The summed E-state index contributed by atoms with van der Waals surface area (Å²) in [5, 5.41) is 10.8. The predicted octanol–water partition coefficient (Wildman–Crippen LogP) is 1.63. The van der Waals surface area contributed by atoms with Crippen LogP contribution < -0.4 is 0 Å². The van der Waals surface area contributed by atoms with E-state index in [0.717, 1.165) is 10.8 Å². The molecule has 0 spiro atoms. The summed E-state index contributed by atoms with van der Waals surface area (Å²) in [6, 6.07) is 9.29. The molecule has 0 radical (unpaired) electrons. The normalized spacial score (nSPS) is 17.1. The average Bonchev–Trinajstić information content (AvgIpc) is 2.67. The number of aliphatic carboxylic acids is 1. The van der Waals surface area contributed by atoms with Gasteiger partial charge in [0.1, 0.15) is 5.69 Å². The van der Waals surface area contributed by atoms with Crippen molar-refractivity contribution in [3.8, 4) is 0 Å². The summed E-state index contributed by atoms with van der Waals surface area (Å²) in [5.74, 6) is -1.99.